The fourth-order valence-electron chi connectivity index (χ4n) is 7.14. The van der Waals surface area contributed by atoms with Gasteiger partial charge in [-0.2, -0.15) is 13.5 Å². The Bertz CT molecular complexity index is 1650. The average Bonchev–Trinajstić information content (AvgIpc) is 3.60. The predicted molar refractivity (Wildman–Crippen MR) is 168 cm³/mol. The number of amides is 1. The molecule has 0 spiro atoms. The lowest BCUT2D eigenvalue weighted by Gasteiger charge is -2.41. The number of ether oxygens (including phenoxy) is 2. The highest BCUT2D eigenvalue weighted by Gasteiger charge is 2.53. The number of rotatable bonds is 9. The van der Waals surface area contributed by atoms with E-state index in [1.807, 2.05) is 6.07 Å². The molecular weight excluding hydrogens is 654 g/mol. The molecule has 3 aromatic carbocycles. The molecule has 11 heteroatoms. The van der Waals surface area contributed by atoms with E-state index in [0.29, 0.717) is 34.4 Å². The van der Waals surface area contributed by atoms with Crippen molar-refractivity contribution in [3.63, 3.8) is 0 Å². The Morgan fingerprint density at radius 2 is 1.64 bits per heavy atom. The Hall–Kier alpha value is -2.76. The SMILES string of the molecule is COc1cc(C(F)(F)C(NS(=O)(=O)c2ccc3cc(OC4CCCC4)ccc3c2)C(=O)N2C3CCC2CC(C)C3)ccc1Br. The number of methoxy groups -OCH3 is 1. The van der Waals surface area contributed by atoms with E-state index in [-0.39, 0.29) is 28.8 Å². The Labute approximate surface area is 265 Å². The predicted octanol–water partition coefficient (Wildman–Crippen LogP) is 7.16. The average molecular weight is 692 g/mol. The Balaban J connectivity index is 1.33. The molecule has 236 valence electrons. The Morgan fingerprint density at radius 3 is 2.32 bits per heavy atom. The van der Waals surface area contributed by atoms with Gasteiger partial charge >= 0.3 is 0 Å². The number of carbonyl (C=O) groups is 1. The summed E-state index contributed by atoms with van der Waals surface area (Å²) in [6.45, 7) is 2.10. The fraction of sp³-hybridized carbons (Fsp3) is 0.485. The van der Waals surface area contributed by atoms with Gasteiger partial charge in [-0.1, -0.05) is 25.1 Å². The van der Waals surface area contributed by atoms with Gasteiger partial charge in [0.25, 0.3) is 5.92 Å². The smallest absolute Gasteiger partial charge is 0.298 e. The van der Waals surface area contributed by atoms with Crippen molar-refractivity contribution < 1.29 is 31.5 Å². The standard InChI is InChI=1S/C33H37BrF2N2O5S/c1-20-15-24-10-11-25(16-20)38(24)32(39)31(33(35,36)23-9-14-29(34)30(19-23)42-2)37-44(40,41)28-13-8-21-17-27(12-7-22(21)18-28)43-26-5-3-4-6-26/h7-9,12-14,17-20,24-26,31,37H,3-6,10-11,15-16H2,1-2H3. The van der Waals surface area contributed by atoms with E-state index in [4.69, 9.17) is 9.47 Å². The van der Waals surface area contributed by atoms with Crippen molar-refractivity contribution in [2.24, 2.45) is 5.92 Å². The zero-order chi connectivity index (χ0) is 31.2. The summed E-state index contributed by atoms with van der Waals surface area (Å²) in [7, 11) is -3.20. The van der Waals surface area contributed by atoms with Crippen LogP contribution in [0, 0.1) is 5.92 Å². The minimum absolute atomic E-state index is 0.147. The van der Waals surface area contributed by atoms with E-state index in [1.54, 1.807) is 18.2 Å². The minimum atomic E-state index is -4.55. The van der Waals surface area contributed by atoms with Gasteiger partial charge in [0, 0.05) is 17.6 Å². The van der Waals surface area contributed by atoms with Gasteiger partial charge in [0.15, 0.2) is 6.04 Å². The number of halogens is 3. The molecule has 2 heterocycles. The van der Waals surface area contributed by atoms with E-state index >= 15 is 8.78 Å². The number of fused-ring (bicyclic) bond motifs is 3. The number of benzene rings is 3. The van der Waals surface area contributed by atoms with Crippen molar-refractivity contribution >= 4 is 42.6 Å². The van der Waals surface area contributed by atoms with Gasteiger partial charge in [-0.25, -0.2) is 8.42 Å². The summed E-state index contributed by atoms with van der Waals surface area (Å²) in [5.41, 5.74) is -0.523. The van der Waals surface area contributed by atoms with Crippen molar-refractivity contribution in [1.29, 1.82) is 0 Å². The van der Waals surface area contributed by atoms with Gasteiger partial charge in [0.05, 0.1) is 22.6 Å². The summed E-state index contributed by atoms with van der Waals surface area (Å²) in [5.74, 6) is -3.57. The van der Waals surface area contributed by atoms with E-state index < -0.39 is 33.5 Å². The van der Waals surface area contributed by atoms with Gasteiger partial charge in [-0.05, 0) is 120 Å². The molecule has 7 nitrogen and oxygen atoms in total. The van der Waals surface area contributed by atoms with Gasteiger partial charge in [0.1, 0.15) is 11.5 Å². The van der Waals surface area contributed by atoms with Crippen LogP contribution in [-0.4, -0.2) is 50.6 Å². The first-order valence-corrected chi connectivity index (χ1v) is 17.5. The number of piperidine rings is 1. The maximum Gasteiger partial charge on any atom is 0.298 e. The van der Waals surface area contributed by atoms with Crippen molar-refractivity contribution in [3.05, 3.63) is 64.6 Å². The Kier molecular flexibility index (Phi) is 8.67. The van der Waals surface area contributed by atoms with Gasteiger partial charge < -0.3 is 14.4 Å². The van der Waals surface area contributed by atoms with E-state index in [1.165, 1.54) is 36.3 Å². The van der Waals surface area contributed by atoms with Gasteiger partial charge in [0.2, 0.25) is 15.9 Å². The van der Waals surface area contributed by atoms with Crippen LogP contribution in [0.4, 0.5) is 8.78 Å². The molecule has 2 aliphatic heterocycles. The molecule has 3 aromatic rings. The molecule has 3 fully saturated rings. The molecule has 2 saturated heterocycles. The third-order valence-electron chi connectivity index (χ3n) is 9.34. The maximum absolute atomic E-state index is 16.5. The molecule has 2 bridgehead atoms. The first kappa shape index (κ1) is 31.2. The molecule has 1 N–H and O–H groups in total. The van der Waals surface area contributed by atoms with E-state index in [2.05, 4.69) is 27.6 Å². The second kappa shape index (κ2) is 12.2. The van der Waals surface area contributed by atoms with Crippen LogP contribution in [0.15, 0.2) is 64.0 Å². The fourth-order valence-corrected chi connectivity index (χ4v) is 8.77. The lowest BCUT2D eigenvalue weighted by molar-refractivity contribution is -0.149. The highest BCUT2D eigenvalue weighted by atomic mass is 79.9. The molecule has 3 aliphatic rings. The van der Waals surface area contributed by atoms with E-state index in [9.17, 15) is 13.2 Å². The summed E-state index contributed by atoms with van der Waals surface area (Å²) in [6, 6.07) is 10.8. The van der Waals surface area contributed by atoms with Crippen molar-refractivity contribution in [2.45, 2.75) is 93.3 Å². The van der Waals surface area contributed by atoms with Crippen LogP contribution in [0.2, 0.25) is 0 Å². The topological polar surface area (TPSA) is 84.9 Å². The second-order valence-electron chi connectivity index (χ2n) is 12.4. The number of alkyl halides is 2. The normalized spacial score (nSPS) is 23.2. The van der Waals surface area contributed by atoms with Crippen LogP contribution in [-0.2, 0) is 20.7 Å². The lowest BCUT2D eigenvalue weighted by atomic mass is 9.91. The van der Waals surface area contributed by atoms with Crippen LogP contribution in [0.1, 0.15) is 63.9 Å². The van der Waals surface area contributed by atoms with E-state index in [0.717, 1.165) is 50.0 Å². The van der Waals surface area contributed by atoms with Crippen LogP contribution < -0.4 is 14.2 Å². The molecule has 3 atom stereocenters. The first-order chi connectivity index (χ1) is 21.0. The molecule has 0 radical (unpaired) electrons. The third kappa shape index (κ3) is 6.07. The number of carbonyl (C=O) groups excluding carboxylic acids is 1. The van der Waals surface area contributed by atoms with Crippen LogP contribution >= 0.6 is 15.9 Å². The molecule has 3 unspecified atom stereocenters. The molecule has 44 heavy (non-hydrogen) atoms. The Morgan fingerprint density at radius 1 is 0.977 bits per heavy atom. The summed E-state index contributed by atoms with van der Waals surface area (Å²) in [5, 5.41) is 1.38. The molecular formula is C33H37BrF2N2O5S. The first-order valence-electron chi connectivity index (χ1n) is 15.2. The monoisotopic (exact) mass is 690 g/mol. The number of hydrogen-bond donors (Lipinski definition) is 1. The molecule has 1 saturated carbocycles. The van der Waals surface area contributed by atoms with Crippen molar-refractivity contribution in [1.82, 2.24) is 9.62 Å². The summed E-state index contributed by atoms with van der Waals surface area (Å²) < 4.78 is 74.4. The van der Waals surface area contributed by atoms with Crippen molar-refractivity contribution in [2.75, 3.05) is 7.11 Å². The molecule has 1 aliphatic carbocycles. The molecule has 1 amide bonds. The number of nitrogens with zero attached hydrogens (tertiary/aromatic N) is 1. The van der Waals surface area contributed by atoms with Gasteiger partial charge in [-0.3, -0.25) is 4.79 Å². The maximum atomic E-state index is 16.5. The van der Waals surface area contributed by atoms with Crippen LogP contribution in [0.5, 0.6) is 11.5 Å². The number of sulfonamides is 1. The second-order valence-corrected chi connectivity index (χ2v) is 15.0. The van der Waals surface area contributed by atoms with Gasteiger partial charge in [-0.15, -0.1) is 0 Å². The third-order valence-corrected chi connectivity index (χ3v) is 11.4. The summed E-state index contributed by atoms with van der Waals surface area (Å²) >= 11 is 3.28. The molecule has 6 rings (SSSR count). The number of hydrogen-bond acceptors (Lipinski definition) is 5. The largest absolute Gasteiger partial charge is 0.496 e. The number of nitrogens with one attached hydrogen (secondary N) is 1. The zero-order valence-corrected chi connectivity index (χ0v) is 27.2. The highest BCUT2D eigenvalue weighted by molar-refractivity contribution is 9.10. The lowest BCUT2D eigenvalue weighted by Crippen LogP contribution is -2.59. The van der Waals surface area contributed by atoms with Crippen molar-refractivity contribution in [3.8, 4) is 11.5 Å². The van der Waals surface area contributed by atoms with Crippen LogP contribution in [0.25, 0.3) is 10.8 Å². The quantitative estimate of drug-likeness (QED) is 0.258. The zero-order valence-electron chi connectivity index (χ0n) is 24.8. The summed E-state index contributed by atoms with van der Waals surface area (Å²) in [6.07, 6.45) is 7.33. The molecule has 0 aromatic heterocycles. The van der Waals surface area contributed by atoms with Crippen LogP contribution in [0.3, 0.4) is 0 Å². The minimum Gasteiger partial charge on any atom is -0.496 e. The summed E-state index contributed by atoms with van der Waals surface area (Å²) in [4.78, 5) is 15.4. The highest BCUT2D eigenvalue weighted by Crippen LogP contribution is 2.43.